The topological polar surface area (TPSA) is 54.9 Å². The molecule has 5 nitrogen and oxygen atoms in total. The lowest BCUT2D eigenvalue weighted by Gasteiger charge is -2.44. The molecule has 2 fully saturated rings. The van der Waals surface area contributed by atoms with Crippen molar-refractivity contribution in [3.63, 3.8) is 0 Å². The molecule has 2 rings (SSSR count). The minimum atomic E-state index is 0. The van der Waals surface area contributed by atoms with E-state index in [1.54, 1.807) is 14.2 Å². The molecule has 0 amide bonds. The molecular weight excluding hydrogens is 417 g/mol. The quantitative estimate of drug-likeness (QED) is 0.303. The van der Waals surface area contributed by atoms with Crippen molar-refractivity contribution >= 4 is 29.9 Å². The zero-order chi connectivity index (χ0) is 16.6. The Balaban J connectivity index is 0.00000288. The van der Waals surface area contributed by atoms with Crippen LogP contribution in [0.4, 0.5) is 0 Å². The fraction of sp³-hybridized carbons (Fsp3) is 0.944. The number of nitrogens with one attached hydrogen (secondary N) is 2. The fourth-order valence-electron chi connectivity index (χ4n) is 3.78. The van der Waals surface area contributed by atoms with Crippen LogP contribution in [0.1, 0.15) is 51.4 Å². The van der Waals surface area contributed by atoms with E-state index < -0.39 is 0 Å². The molecular formula is C18H36IN3O2. The van der Waals surface area contributed by atoms with Crippen LogP contribution in [-0.2, 0) is 9.47 Å². The Morgan fingerprint density at radius 2 is 1.29 bits per heavy atom. The normalized spacial score (nSPS) is 20.1. The summed E-state index contributed by atoms with van der Waals surface area (Å²) in [6.07, 6.45) is 10.2. The van der Waals surface area contributed by atoms with Crippen molar-refractivity contribution in [2.75, 3.05) is 47.6 Å². The highest BCUT2D eigenvalue weighted by atomic mass is 127. The predicted octanol–water partition coefficient (Wildman–Crippen LogP) is 3.18. The highest BCUT2D eigenvalue weighted by Gasteiger charge is 2.38. The highest BCUT2D eigenvalue weighted by Crippen LogP contribution is 2.44. The number of guanidine groups is 1. The van der Waals surface area contributed by atoms with Crippen LogP contribution >= 0.6 is 24.0 Å². The van der Waals surface area contributed by atoms with Gasteiger partial charge in [-0.1, -0.05) is 12.8 Å². The average Bonchev–Trinajstić information content (AvgIpc) is 2.49. The second-order valence-corrected chi connectivity index (χ2v) is 7.47. The van der Waals surface area contributed by atoms with Crippen molar-refractivity contribution in [1.82, 2.24) is 10.6 Å². The van der Waals surface area contributed by atoms with Crippen molar-refractivity contribution < 1.29 is 9.47 Å². The van der Waals surface area contributed by atoms with E-state index in [1.807, 2.05) is 7.05 Å². The van der Waals surface area contributed by atoms with E-state index in [4.69, 9.17) is 9.47 Å². The molecule has 142 valence electrons. The van der Waals surface area contributed by atoms with Gasteiger partial charge in [0.15, 0.2) is 5.96 Å². The van der Waals surface area contributed by atoms with Crippen molar-refractivity contribution in [3.8, 4) is 0 Å². The molecule has 0 atom stereocenters. The van der Waals surface area contributed by atoms with Crippen LogP contribution in [0.5, 0.6) is 0 Å². The monoisotopic (exact) mass is 453 g/mol. The SMILES string of the molecule is CN=C(NCC1(CCOC)CCC1)NCC1(CCOC)CCC1.I. The summed E-state index contributed by atoms with van der Waals surface area (Å²) in [6, 6.07) is 0. The van der Waals surface area contributed by atoms with Crippen molar-refractivity contribution in [2.24, 2.45) is 15.8 Å². The Morgan fingerprint density at radius 3 is 1.54 bits per heavy atom. The van der Waals surface area contributed by atoms with E-state index in [0.717, 1.165) is 45.1 Å². The molecule has 2 N–H and O–H groups in total. The molecule has 0 bridgehead atoms. The smallest absolute Gasteiger partial charge is 0.191 e. The molecule has 6 heteroatoms. The molecule has 2 aliphatic rings. The van der Waals surface area contributed by atoms with Crippen molar-refractivity contribution in [2.45, 2.75) is 51.4 Å². The number of halogens is 1. The van der Waals surface area contributed by atoms with Gasteiger partial charge in [0.1, 0.15) is 0 Å². The predicted molar refractivity (Wildman–Crippen MR) is 110 cm³/mol. The second kappa shape index (κ2) is 10.8. The first-order chi connectivity index (χ1) is 11.2. The van der Waals surface area contributed by atoms with Gasteiger partial charge in [0.2, 0.25) is 0 Å². The summed E-state index contributed by atoms with van der Waals surface area (Å²) in [7, 11) is 5.44. The molecule has 0 saturated heterocycles. The van der Waals surface area contributed by atoms with Gasteiger partial charge in [-0.15, -0.1) is 24.0 Å². The van der Waals surface area contributed by atoms with E-state index in [-0.39, 0.29) is 24.0 Å². The highest BCUT2D eigenvalue weighted by molar-refractivity contribution is 14.0. The summed E-state index contributed by atoms with van der Waals surface area (Å²) in [4.78, 5) is 4.40. The Labute approximate surface area is 164 Å². The van der Waals surface area contributed by atoms with Gasteiger partial charge in [0.05, 0.1) is 0 Å². The van der Waals surface area contributed by atoms with Crippen molar-refractivity contribution in [1.29, 1.82) is 0 Å². The Morgan fingerprint density at radius 1 is 0.875 bits per heavy atom. The third-order valence-electron chi connectivity index (χ3n) is 5.99. The summed E-state index contributed by atoms with van der Waals surface area (Å²) in [5.74, 6) is 0.942. The Kier molecular flexibility index (Phi) is 9.89. The zero-order valence-corrected chi connectivity index (χ0v) is 18.0. The maximum Gasteiger partial charge on any atom is 0.191 e. The average molecular weight is 453 g/mol. The lowest BCUT2D eigenvalue weighted by atomic mass is 9.66. The van der Waals surface area contributed by atoms with Gasteiger partial charge in [-0.25, -0.2) is 0 Å². The van der Waals surface area contributed by atoms with E-state index >= 15 is 0 Å². The van der Waals surface area contributed by atoms with Crippen LogP contribution in [0.3, 0.4) is 0 Å². The fourth-order valence-corrected chi connectivity index (χ4v) is 3.78. The van der Waals surface area contributed by atoms with Crippen molar-refractivity contribution in [3.05, 3.63) is 0 Å². The second-order valence-electron chi connectivity index (χ2n) is 7.47. The van der Waals surface area contributed by atoms with E-state index in [0.29, 0.717) is 10.8 Å². The maximum absolute atomic E-state index is 5.27. The van der Waals surface area contributed by atoms with Gasteiger partial charge in [-0.05, 0) is 49.4 Å². The number of nitrogens with zero attached hydrogens (tertiary/aromatic N) is 1. The lowest BCUT2D eigenvalue weighted by molar-refractivity contribution is 0.0701. The molecule has 0 unspecified atom stereocenters. The van der Waals surface area contributed by atoms with Crippen LogP contribution in [0.25, 0.3) is 0 Å². The van der Waals surface area contributed by atoms with E-state index in [2.05, 4.69) is 15.6 Å². The van der Waals surface area contributed by atoms with Gasteiger partial charge in [0.25, 0.3) is 0 Å². The molecule has 2 aliphatic carbocycles. The van der Waals surface area contributed by atoms with Crippen LogP contribution in [0, 0.1) is 10.8 Å². The van der Waals surface area contributed by atoms with E-state index in [9.17, 15) is 0 Å². The minimum absolute atomic E-state index is 0. The Bertz CT molecular complexity index is 350. The van der Waals surface area contributed by atoms with E-state index in [1.165, 1.54) is 38.5 Å². The first kappa shape index (κ1) is 22.0. The maximum atomic E-state index is 5.27. The van der Waals surface area contributed by atoms with Gasteiger partial charge in [-0.2, -0.15) is 0 Å². The van der Waals surface area contributed by atoms with Gasteiger partial charge < -0.3 is 20.1 Å². The third-order valence-corrected chi connectivity index (χ3v) is 5.99. The number of hydrogen-bond donors (Lipinski definition) is 2. The lowest BCUT2D eigenvalue weighted by Crippen LogP contribution is -2.50. The molecule has 0 aromatic rings. The number of methoxy groups -OCH3 is 2. The molecule has 2 saturated carbocycles. The molecule has 0 heterocycles. The standard InChI is InChI=1S/C18H35N3O2.HI/c1-19-16(20-14-17(6-4-7-17)10-12-22-2)21-15-18(8-5-9-18)11-13-23-3;/h4-15H2,1-3H3,(H2,19,20,21);1H. The molecule has 0 aromatic heterocycles. The van der Waals surface area contributed by atoms with Crippen LogP contribution in [0.15, 0.2) is 4.99 Å². The van der Waals surface area contributed by atoms with Gasteiger partial charge >= 0.3 is 0 Å². The number of aliphatic imine (C=N–C) groups is 1. The molecule has 0 aliphatic heterocycles. The summed E-state index contributed by atoms with van der Waals surface area (Å²) < 4.78 is 10.5. The largest absolute Gasteiger partial charge is 0.385 e. The molecule has 0 spiro atoms. The molecule has 0 aromatic carbocycles. The van der Waals surface area contributed by atoms with Gasteiger partial charge in [0, 0.05) is 47.6 Å². The van der Waals surface area contributed by atoms with Crippen LogP contribution < -0.4 is 10.6 Å². The zero-order valence-electron chi connectivity index (χ0n) is 15.7. The Hall–Kier alpha value is -0.0800. The van der Waals surface area contributed by atoms with Gasteiger partial charge in [-0.3, -0.25) is 4.99 Å². The third kappa shape index (κ3) is 6.02. The minimum Gasteiger partial charge on any atom is -0.385 e. The first-order valence-electron chi connectivity index (χ1n) is 9.10. The molecule has 24 heavy (non-hydrogen) atoms. The number of hydrogen-bond acceptors (Lipinski definition) is 3. The summed E-state index contributed by atoms with van der Waals surface area (Å²) in [5.41, 5.74) is 0.829. The summed E-state index contributed by atoms with van der Waals surface area (Å²) in [5, 5.41) is 7.10. The summed E-state index contributed by atoms with van der Waals surface area (Å²) >= 11 is 0. The van der Waals surface area contributed by atoms with Crippen LogP contribution in [0.2, 0.25) is 0 Å². The first-order valence-corrected chi connectivity index (χ1v) is 9.10. The number of ether oxygens (including phenoxy) is 2. The molecule has 0 radical (unpaired) electrons. The van der Waals surface area contributed by atoms with Crippen LogP contribution in [-0.4, -0.2) is 53.5 Å². The number of rotatable bonds is 10. The summed E-state index contributed by atoms with van der Waals surface area (Å²) in [6.45, 7) is 3.71.